The van der Waals surface area contributed by atoms with Gasteiger partial charge in [-0.2, -0.15) is 0 Å². The molecule has 0 amide bonds. The molecule has 5 heteroatoms. The minimum Gasteiger partial charge on any atom is -0.454 e. The van der Waals surface area contributed by atoms with Crippen molar-refractivity contribution in [1.82, 2.24) is 10.2 Å². The molecule has 0 unspecified atom stereocenters. The van der Waals surface area contributed by atoms with Crippen LogP contribution in [0.2, 0.25) is 0 Å². The van der Waals surface area contributed by atoms with Crippen LogP contribution in [0.15, 0.2) is 64.9 Å². The SMILES string of the molecule is C=C(/C=C(SN)\C(Oc1ccccc1)=C(/C)N(CCCC)CCCC)CNCC1CC1.CC. The van der Waals surface area contributed by atoms with Gasteiger partial charge in [-0.25, -0.2) is 0 Å². The van der Waals surface area contributed by atoms with Gasteiger partial charge in [0.15, 0.2) is 5.76 Å². The summed E-state index contributed by atoms with van der Waals surface area (Å²) < 4.78 is 6.43. The van der Waals surface area contributed by atoms with Crippen molar-refractivity contribution in [3.05, 3.63) is 64.9 Å². The first-order valence-electron chi connectivity index (χ1n) is 12.7. The molecule has 0 bridgehead atoms. The number of unbranched alkanes of at least 4 members (excludes halogenated alkanes) is 2. The highest BCUT2D eigenvalue weighted by atomic mass is 32.2. The maximum atomic E-state index is 6.43. The van der Waals surface area contributed by atoms with Crippen LogP contribution < -0.4 is 15.2 Å². The normalized spacial score (nSPS) is 14.2. The van der Waals surface area contributed by atoms with Crippen molar-refractivity contribution in [2.75, 3.05) is 26.2 Å². The van der Waals surface area contributed by atoms with Gasteiger partial charge in [0.05, 0.1) is 10.6 Å². The Balaban J connectivity index is 0.00000265. The summed E-state index contributed by atoms with van der Waals surface area (Å²) >= 11 is 1.23. The Bertz CT molecular complexity index is 718. The van der Waals surface area contributed by atoms with E-state index in [0.717, 1.165) is 72.6 Å². The molecule has 4 nitrogen and oxygen atoms in total. The van der Waals surface area contributed by atoms with Gasteiger partial charge in [0.2, 0.25) is 0 Å². The highest BCUT2D eigenvalue weighted by molar-refractivity contribution is 8.01. The zero-order valence-corrected chi connectivity index (χ0v) is 22.5. The predicted octanol–water partition coefficient (Wildman–Crippen LogP) is 7.27. The van der Waals surface area contributed by atoms with Crippen molar-refractivity contribution < 1.29 is 4.74 Å². The molecule has 0 atom stereocenters. The monoisotopic (exact) mass is 473 g/mol. The molecule has 0 aromatic heterocycles. The van der Waals surface area contributed by atoms with Crippen LogP contribution in [0.4, 0.5) is 0 Å². The molecular formula is C28H47N3OS. The Labute approximate surface area is 207 Å². The van der Waals surface area contributed by atoms with Gasteiger partial charge in [-0.1, -0.05) is 65.3 Å². The molecule has 2 rings (SSSR count). The number of hydrogen-bond donors (Lipinski definition) is 2. The number of nitrogens with two attached hydrogens (primary N) is 1. The number of nitrogens with zero attached hydrogens (tertiary/aromatic N) is 1. The third-order valence-electron chi connectivity index (χ3n) is 5.50. The topological polar surface area (TPSA) is 50.5 Å². The molecule has 1 fully saturated rings. The highest BCUT2D eigenvalue weighted by Crippen LogP contribution is 2.30. The van der Waals surface area contributed by atoms with E-state index < -0.39 is 0 Å². The summed E-state index contributed by atoms with van der Waals surface area (Å²) in [6, 6.07) is 9.96. The smallest absolute Gasteiger partial charge is 0.161 e. The molecule has 0 heterocycles. The molecule has 0 radical (unpaired) electrons. The van der Waals surface area contributed by atoms with Crippen LogP contribution in [0.1, 0.15) is 73.1 Å². The zero-order valence-electron chi connectivity index (χ0n) is 21.7. The first-order valence-corrected chi connectivity index (χ1v) is 13.6. The largest absolute Gasteiger partial charge is 0.454 e. The quantitative estimate of drug-likeness (QED) is 0.150. The Morgan fingerprint density at radius 2 is 1.76 bits per heavy atom. The molecule has 1 aromatic carbocycles. The van der Waals surface area contributed by atoms with Gasteiger partial charge in [0, 0.05) is 19.6 Å². The Kier molecular flexibility index (Phi) is 15.8. The van der Waals surface area contributed by atoms with Crippen LogP contribution in [0, 0.1) is 5.92 Å². The number of benzene rings is 1. The lowest BCUT2D eigenvalue weighted by molar-refractivity contribution is 0.307. The van der Waals surface area contributed by atoms with Crippen LogP contribution in [0.25, 0.3) is 0 Å². The fraction of sp³-hybridized carbons (Fsp3) is 0.571. The minimum absolute atomic E-state index is 0.771. The summed E-state index contributed by atoms with van der Waals surface area (Å²) in [5.74, 6) is 2.50. The summed E-state index contributed by atoms with van der Waals surface area (Å²) in [4.78, 5) is 3.36. The highest BCUT2D eigenvalue weighted by Gasteiger charge is 2.20. The molecule has 1 aliphatic carbocycles. The van der Waals surface area contributed by atoms with Gasteiger partial charge in [-0.15, -0.1) is 0 Å². The summed E-state index contributed by atoms with van der Waals surface area (Å²) in [6.07, 6.45) is 9.43. The van der Waals surface area contributed by atoms with Gasteiger partial charge in [-0.3, -0.25) is 5.14 Å². The maximum absolute atomic E-state index is 6.43. The molecule has 186 valence electrons. The number of hydrogen-bond acceptors (Lipinski definition) is 5. The average Bonchev–Trinajstić information content (AvgIpc) is 3.67. The molecule has 0 spiro atoms. The lowest BCUT2D eigenvalue weighted by atomic mass is 10.2. The second-order valence-corrected chi connectivity index (χ2v) is 9.06. The number of rotatable bonds is 16. The second kappa shape index (κ2) is 17.7. The maximum Gasteiger partial charge on any atom is 0.161 e. The average molecular weight is 474 g/mol. The van der Waals surface area contributed by atoms with Gasteiger partial charge >= 0.3 is 0 Å². The molecule has 0 saturated heterocycles. The fourth-order valence-corrected chi connectivity index (χ4v) is 3.88. The summed E-state index contributed by atoms with van der Waals surface area (Å²) in [7, 11) is 0. The number of ether oxygens (including phenoxy) is 1. The van der Waals surface area contributed by atoms with Crippen molar-refractivity contribution in [3.63, 3.8) is 0 Å². The molecule has 1 aromatic rings. The van der Waals surface area contributed by atoms with Crippen LogP contribution in [0.3, 0.4) is 0 Å². The van der Waals surface area contributed by atoms with Crippen molar-refractivity contribution in [3.8, 4) is 5.75 Å². The standard InChI is InChI=1S/C26H41N3OS.C2H6/c1-5-7-16-29(17-8-6-2)22(4)26(30-24-12-10-9-11-13-24)25(31-27)18-21(3)19-28-20-23-14-15-23;1-2/h9-13,18,23,28H,3,5-8,14-17,19-20,27H2,1-2,4H3;1-2H3/b25-18+,26-22-;. The third kappa shape index (κ3) is 11.8. The summed E-state index contributed by atoms with van der Waals surface area (Å²) in [5, 5.41) is 9.67. The number of nitrogens with one attached hydrogen (secondary N) is 1. The van der Waals surface area contributed by atoms with Crippen molar-refractivity contribution >= 4 is 11.9 Å². The molecule has 0 aliphatic heterocycles. The van der Waals surface area contributed by atoms with E-state index in [1.807, 2.05) is 44.2 Å². The van der Waals surface area contributed by atoms with E-state index in [9.17, 15) is 0 Å². The molecular weight excluding hydrogens is 426 g/mol. The van der Waals surface area contributed by atoms with Crippen LogP contribution in [-0.2, 0) is 0 Å². The van der Waals surface area contributed by atoms with Crippen molar-refractivity contribution in [2.45, 2.75) is 73.1 Å². The van der Waals surface area contributed by atoms with E-state index in [1.165, 1.54) is 37.6 Å². The van der Waals surface area contributed by atoms with E-state index in [4.69, 9.17) is 9.88 Å². The van der Waals surface area contributed by atoms with Crippen molar-refractivity contribution in [1.29, 1.82) is 0 Å². The van der Waals surface area contributed by atoms with Crippen LogP contribution >= 0.6 is 11.9 Å². The second-order valence-electron chi connectivity index (χ2n) is 8.38. The van der Waals surface area contributed by atoms with E-state index in [0.29, 0.717) is 0 Å². The van der Waals surface area contributed by atoms with E-state index in [2.05, 4.69) is 43.6 Å². The van der Waals surface area contributed by atoms with Gasteiger partial charge in [0.25, 0.3) is 0 Å². The molecule has 33 heavy (non-hydrogen) atoms. The number of para-hydroxylation sites is 1. The van der Waals surface area contributed by atoms with E-state index >= 15 is 0 Å². The third-order valence-corrected chi connectivity index (χ3v) is 6.05. The summed E-state index contributed by atoms with van der Waals surface area (Å²) in [6.45, 7) is 18.8. The Morgan fingerprint density at radius 3 is 2.27 bits per heavy atom. The Hall–Kier alpha value is -1.69. The minimum atomic E-state index is 0.771. The first-order chi connectivity index (χ1) is 16.1. The fourth-order valence-electron chi connectivity index (χ4n) is 3.35. The van der Waals surface area contributed by atoms with Gasteiger partial charge in [-0.05, 0) is 80.8 Å². The van der Waals surface area contributed by atoms with E-state index in [-0.39, 0.29) is 0 Å². The predicted molar refractivity (Wildman–Crippen MR) is 147 cm³/mol. The first kappa shape index (κ1) is 29.3. The molecule has 3 N–H and O–H groups in total. The van der Waals surface area contributed by atoms with Crippen LogP contribution in [0.5, 0.6) is 5.75 Å². The molecule has 1 saturated carbocycles. The molecule has 1 aliphatic rings. The number of allylic oxidation sites excluding steroid dienone is 1. The van der Waals surface area contributed by atoms with Gasteiger partial charge < -0.3 is 15.0 Å². The van der Waals surface area contributed by atoms with Crippen molar-refractivity contribution in [2.24, 2.45) is 11.1 Å². The lowest BCUT2D eigenvalue weighted by Crippen LogP contribution is -2.26. The van der Waals surface area contributed by atoms with E-state index in [1.54, 1.807) is 0 Å². The zero-order chi connectivity index (χ0) is 24.5. The van der Waals surface area contributed by atoms with Gasteiger partial charge in [0.1, 0.15) is 5.75 Å². The van der Waals surface area contributed by atoms with Crippen LogP contribution in [-0.4, -0.2) is 31.1 Å². The lowest BCUT2D eigenvalue weighted by Gasteiger charge is -2.28. The Morgan fingerprint density at radius 1 is 1.15 bits per heavy atom. The summed E-state index contributed by atoms with van der Waals surface area (Å²) in [5.41, 5.74) is 2.15.